The number of piperidine rings is 1. The number of hydrogen-bond donors (Lipinski definition) is 1. The zero-order valence-electron chi connectivity index (χ0n) is 12.3. The highest BCUT2D eigenvalue weighted by molar-refractivity contribution is 6.30. The van der Waals surface area contributed by atoms with Crippen molar-refractivity contribution in [3.8, 4) is 0 Å². The zero-order chi connectivity index (χ0) is 16.1. The van der Waals surface area contributed by atoms with E-state index in [-0.39, 0.29) is 23.2 Å². The predicted octanol–water partition coefficient (Wildman–Crippen LogP) is 2.83. The molecule has 22 heavy (non-hydrogen) atoms. The van der Waals surface area contributed by atoms with Gasteiger partial charge in [0, 0.05) is 24.2 Å². The van der Waals surface area contributed by atoms with Gasteiger partial charge in [-0.15, -0.1) is 0 Å². The van der Waals surface area contributed by atoms with Crippen molar-refractivity contribution in [2.24, 2.45) is 0 Å². The van der Waals surface area contributed by atoms with Gasteiger partial charge >= 0.3 is 6.09 Å². The average Bonchev–Trinajstić information content (AvgIpc) is 2.47. The summed E-state index contributed by atoms with van der Waals surface area (Å²) in [4.78, 5) is 25.4. The zero-order valence-corrected chi connectivity index (χ0v) is 13.0. The van der Waals surface area contributed by atoms with Crippen LogP contribution < -0.4 is 5.32 Å². The lowest BCUT2D eigenvalue weighted by Crippen LogP contribution is -2.49. The number of carbonyl (C=O) groups is 2. The van der Waals surface area contributed by atoms with Crippen molar-refractivity contribution in [3.05, 3.63) is 34.6 Å². The third-order valence-electron chi connectivity index (χ3n) is 3.47. The molecule has 2 rings (SSSR count). The smallest absolute Gasteiger partial charge is 0.407 e. The summed E-state index contributed by atoms with van der Waals surface area (Å²) < 4.78 is 18.7. The molecule has 0 aromatic heterocycles. The van der Waals surface area contributed by atoms with E-state index in [4.69, 9.17) is 16.3 Å². The van der Waals surface area contributed by atoms with E-state index < -0.39 is 17.8 Å². The van der Waals surface area contributed by atoms with Crippen LogP contribution in [0, 0.1) is 5.82 Å². The van der Waals surface area contributed by atoms with Gasteiger partial charge in [-0.2, -0.15) is 0 Å². The maximum atomic E-state index is 13.8. The SMILES string of the molecule is CCOC(=O)NC1CCCN(C(=O)c2ccc(Cl)cc2F)C1. The van der Waals surface area contributed by atoms with Crippen LogP contribution in [-0.4, -0.2) is 42.6 Å². The van der Waals surface area contributed by atoms with Crippen molar-refractivity contribution in [2.45, 2.75) is 25.8 Å². The Morgan fingerprint density at radius 1 is 1.50 bits per heavy atom. The van der Waals surface area contributed by atoms with Gasteiger partial charge in [0.1, 0.15) is 5.82 Å². The largest absolute Gasteiger partial charge is 0.450 e. The second-order valence-corrected chi connectivity index (χ2v) is 5.52. The van der Waals surface area contributed by atoms with Crippen molar-refractivity contribution in [2.75, 3.05) is 19.7 Å². The second kappa shape index (κ2) is 7.45. The summed E-state index contributed by atoms with van der Waals surface area (Å²) in [7, 11) is 0. The van der Waals surface area contributed by atoms with E-state index in [1.165, 1.54) is 17.0 Å². The van der Waals surface area contributed by atoms with Crippen LogP contribution in [0.5, 0.6) is 0 Å². The molecule has 0 bridgehead atoms. The number of halogens is 2. The van der Waals surface area contributed by atoms with Crippen LogP contribution in [0.4, 0.5) is 9.18 Å². The number of hydrogen-bond acceptors (Lipinski definition) is 3. The molecule has 1 aliphatic rings. The maximum absolute atomic E-state index is 13.8. The van der Waals surface area contributed by atoms with E-state index in [0.29, 0.717) is 13.1 Å². The number of ether oxygens (including phenoxy) is 1. The molecule has 1 N–H and O–H groups in total. The first-order valence-corrected chi connectivity index (χ1v) is 7.56. The maximum Gasteiger partial charge on any atom is 0.407 e. The molecule has 0 spiro atoms. The monoisotopic (exact) mass is 328 g/mol. The van der Waals surface area contributed by atoms with Gasteiger partial charge in [0.2, 0.25) is 0 Å². The summed E-state index contributed by atoms with van der Waals surface area (Å²) in [6.45, 7) is 2.87. The highest BCUT2D eigenvalue weighted by atomic mass is 35.5. The van der Waals surface area contributed by atoms with Gasteiger partial charge in [0.05, 0.1) is 12.2 Å². The van der Waals surface area contributed by atoms with Crippen molar-refractivity contribution >= 4 is 23.6 Å². The Morgan fingerprint density at radius 2 is 2.27 bits per heavy atom. The van der Waals surface area contributed by atoms with Crippen molar-refractivity contribution in [1.82, 2.24) is 10.2 Å². The van der Waals surface area contributed by atoms with E-state index in [1.54, 1.807) is 6.92 Å². The molecule has 5 nitrogen and oxygen atoms in total. The number of carbonyl (C=O) groups excluding carboxylic acids is 2. The van der Waals surface area contributed by atoms with Crippen LogP contribution >= 0.6 is 11.6 Å². The number of benzene rings is 1. The highest BCUT2D eigenvalue weighted by Crippen LogP contribution is 2.19. The normalized spacial score (nSPS) is 18.0. The highest BCUT2D eigenvalue weighted by Gasteiger charge is 2.27. The Morgan fingerprint density at radius 3 is 2.95 bits per heavy atom. The summed E-state index contributed by atoms with van der Waals surface area (Å²) >= 11 is 5.69. The molecule has 120 valence electrons. The third-order valence-corrected chi connectivity index (χ3v) is 3.70. The van der Waals surface area contributed by atoms with Crippen LogP contribution in [0.15, 0.2) is 18.2 Å². The van der Waals surface area contributed by atoms with Gasteiger partial charge in [-0.1, -0.05) is 11.6 Å². The predicted molar refractivity (Wildman–Crippen MR) is 80.5 cm³/mol. The Kier molecular flexibility index (Phi) is 5.60. The lowest BCUT2D eigenvalue weighted by atomic mass is 10.0. The van der Waals surface area contributed by atoms with E-state index in [2.05, 4.69) is 5.32 Å². The van der Waals surface area contributed by atoms with Crippen LogP contribution in [0.1, 0.15) is 30.1 Å². The Labute approximate surface area is 133 Å². The average molecular weight is 329 g/mol. The first kappa shape index (κ1) is 16.5. The Hall–Kier alpha value is -1.82. The van der Waals surface area contributed by atoms with Crippen molar-refractivity contribution in [3.63, 3.8) is 0 Å². The summed E-state index contributed by atoms with van der Waals surface area (Å²) in [6, 6.07) is 3.79. The number of rotatable bonds is 3. The summed E-state index contributed by atoms with van der Waals surface area (Å²) in [5.74, 6) is -1.04. The first-order chi connectivity index (χ1) is 10.5. The molecule has 0 aliphatic carbocycles. The van der Waals surface area contributed by atoms with Gasteiger partial charge < -0.3 is 15.0 Å². The van der Waals surface area contributed by atoms with Crippen LogP contribution in [0.3, 0.4) is 0 Å². The summed E-state index contributed by atoms with van der Waals surface area (Å²) in [5, 5.41) is 2.95. The Bertz CT molecular complexity index is 568. The molecule has 1 saturated heterocycles. The number of likely N-dealkylation sites (tertiary alicyclic amines) is 1. The van der Waals surface area contributed by atoms with E-state index in [1.807, 2.05) is 0 Å². The third kappa shape index (κ3) is 4.10. The van der Waals surface area contributed by atoms with Gasteiger partial charge in [-0.25, -0.2) is 9.18 Å². The van der Waals surface area contributed by atoms with Crippen molar-refractivity contribution in [1.29, 1.82) is 0 Å². The standard InChI is InChI=1S/C15H18ClFN2O3/c1-2-22-15(21)18-11-4-3-7-19(9-11)14(20)12-6-5-10(16)8-13(12)17/h5-6,8,11H,2-4,7,9H2,1H3,(H,18,21). The molecule has 0 radical (unpaired) electrons. The Balaban J connectivity index is 2.02. The quantitative estimate of drug-likeness (QED) is 0.928. The van der Waals surface area contributed by atoms with E-state index in [9.17, 15) is 14.0 Å². The lowest BCUT2D eigenvalue weighted by Gasteiger charge is -2.33. The molecule has 1 aliphatic heterocycles. The molecule has 2 amide bonds. The minimum absolute atomic E-state index is 0.0128. The number of amides is 2. The van der Waals surface area contributed by atoms with Gasteiger partial charge in [-0.05, 0) is 38.0 Å². The minimum Gasteiger partial charge on any atom is -0.450 e. The molecular formula is C15H18ClFN2O3. The van der Waals surface area contributed by atoms with Gasteiger partial charge in [-0.3, -0.25) is 4.79 Å². The van der Waals surface area contributed by atoms with Crippen LogP contribution in [-0.2, 0) is 4.74 Å². The molecule has 1 aromatic rings. The van der Waals surface area contributed by atoms with E-state index >= 15 is 0 Å². The molecule has 0 saturated carbocycles. The second-order valence-electron chi connectivity index (χ2n) is 5.08. The molecule has 1 heterocycles. The number of nitrogens with zero attached hydrogens (tertiary/aromatic N) is 1. The summed E-state index contributed by atoms with van der Waals surface area (Å²) in [5.41, 5.74) is -0.0128. The fraction of sp³-hybridized carbons (Fsp3) is 0.467. The first-order valence-electron chi connectivity index (χ1n) is 7.19. The fourth-order valence-corrected chi connectivity index (χ4v) is 2.61. The number of alkyl carbamates (subject to hydrolysis) is 1. The van der Waals surface area contributed by atoms with Crippen molar-refractivity contribution < 1.29 is 18.7 Å². The molecule has 1 atom stereocenters. The topological polar surface area (TPSA) is 58.6 Å². The lowest BCUT2D eigenvalue weighted by molar-refractivity contribution is 0.0681. The van der Waals surface area contributed by atoms with E-state index in [0.717, 1.165) is 18.9 Å². The van der Waals surface area contributed by atoms with Gasteiger partial charge in [0.25, 0.3) is 5.91 Å². The van der Waals surface area contributed by atoms with Crippen LogP contribution in [0.25, 0.3) is 0 Å². The van der Waals surface area contributed by atoms with Gasteiger partial charge in [0.15, 0.2) is 0 Å². The molecular weight excluding hydrogens is 311 g/mol. The molecule has 7 heteroatoms. The summed E-state index contributed by atoms with van der Waals surface area (Å²) in [6.07, 6.45) is 0.989. The minimum atomic E-state index is -0.641. The molecule has 1 aromatic carbocycles. The molecule has 1 fully saturated rings. The fourth-order valence-electron chi connectivity index (χ4n) is 2.45. The molecule has 1 unspecified atom stereocenters. The van der Waals surface area contributed by atoms with Crippen LogP contribution in [0.2, 0.25) is 5.02 Å². The number of nitrogens with one attached hydrogen (secondary N) is 1.